The molecule has 250 valence electrons. The normalized spacial score (nSPS) is 46.9. The molecule has 0 spiro atoms. The van der Waals surface area contributed by atoms with E-state index in [-0.39, 0.29) is 102 Å². The van der Waals surface area contributed by atoms with Crippen molar-refractivity contribution in [1.29, 1.82) is 0 Å². The Morgan fingerprint density at radius 2 is 1.58 bits per heavy atom. The van der Waals surface area contributed by atoms with Crippen molar-refractivity contribution < 1.29 is 47.6 Å². The van der Waals surface area contributed by atoms with Gasteiger partial charge in [0, 0.05) is 46.0 Å². The number of ether oxygens (including phenoxy) is 6. The summed E-state index contributed by atoms with van der Waals surface area (Å²) in [5, 5.41) is 0. The van der Waals surface area contributed by atoms with Crippen LogP contribution in [0.1, 0.15) is 72.1 Å². The lowest BCUT2D eigenvalue weighted by molar-refractivity contribution is -0.314. The van der Waals surface area contributed by atoms with Gasteiger partial charge in [-0.15, -0.1) is 0 Å². The molecule has 10 nitrogen and oxygen atoms in total. The number of hydrogen-bond acceptors (Lipinski definition) is 10. The first-order valence-corrected chi connectivity index (χ1v) is 17.0. The van der Waals surface area contributed by atoms with E-state index in [0.29, 0.717) is 50.5 Å². The predicted octanol–water partition coefficient (Wildman–Crippen LogP) is 3.87. The third-order valence-electron chi connectivity index (χ3n) is 12.1. The van der Waals surface area contributed by atoms with E-state index in [9.17, 15) is 19.2 Å². The van der Waals surface area contributed by atoms with Crippen LogP contribution in [0.3, 0.4) is 0 Å². The highest BCUT2D eigenvalue weighted by Gasteiger charge is 2.64. The Morgan fingerprint density at radius 3 is 2.24 bits per heavy atom. The van der Waals surface area contributed by atoms with Crippen molar-refractivity contribution in [1.82, 2.24) is 0 Å². The second kappa shape index (κ2) is 13.3. The number of cyclic esters (lactones) is 1. The summed E-state index contributed by atoms with van der Waals surface area (Å²) in [4.78, 5) is 53.6. The van der Waals surface area contributed by atoms with Gasteiger partial charge in [0.1, 0.15) is 36.0 Å². The van der Waals surface area contributed by atoms with E-state index in [0.717, 1.165) is 0 Å². The van der Waals surface area contributed by atoms with Gasteiger partial charge >= 0.3 is 5.97 Å². The van der Waals surface area contributed by atoms with Gasteiger partial charge in [-0.3, -0.25) is 19.2 Å². The average molecular weight is 631 g/mol. The monoisotopic (exact) mass is 630 g/mol. The summed E-state index contributed by atoms with van der Waals surface area (Å²) < 4.78 is 36.0. The van der Waals surface area contributed by atoms with E-state index >= 15 is 0 Å². The predicted molar refractivity (Wildman–Crippen MR) is 161 cm³/mol. The first kappa shape index (κ1) is 32.9. The maximum absolute atomic E-state index is 13.9. The summed E-state index contributed by atoms with van der Waals surface area (Å²) in [5.41, 5.74) is 0.594. The molecule has 0 radical (unpaired) electrons. The van der Waals surface area contributed by atoms with Crippen molar-refractivity contribution >= 4 is 23.3 Å². The molecular weight excluding hydrogens is 580 g/mol. The third kappa shape index (κ3) is 5.77. The number of fused-ring (bicyclic) bond motifs is 8. The van der Waals surface area contributed by atoms with Crippen molar-refractivity contribution in [2.45, 2.75) is 115 Å². The van der Waals surface area contributed by atoms with Crippen LogP contribution in [-0.2, 0) is 47.6 Å². The highest BCUT2D eigenvalue weighted by Crippen LogP contribution is 2.64. The lowest BCUT2D eigenvalue weighted by Gasteiger charge is -2.54. The maximum atomic E-state index is 13.9. The van der Waals surface area contributed by atoms with Gasteiger partial charge < -0.3 is 28.4 Å². The summed E-state index contributed by atoms with van der Waals surface area (Å²) in [6, 6.07) is 0. The molecule has 0 unspecified atom stereocenters. The summed E-state index contributed by atoms with van der Waals surface area (Å²) in [6.45, 7) is 5.63. The smallest absolute Gasteiger partial charge is 0.306 e. The first-order valence-electron chi connectivity index (χ1n) is 17.0. The fourth-order valence-electron chi connectivity index (χ4n) is 9.94. The van der Waals surface area contributed by atoms with E-state index in [1.165, 1.54) is 0 Å². The number of hydrogen-bond donors (Lipinski definition) is 0. The van der Waals surface area contributed by atoms with Gasteiger partial charge in [-0.25, -0.2) is 0 Å². The third-order valence-corrected chi connectivity index (χ3v) is 12.1. The Kier molecular flexibility index (Phi) is 9.71. The van der Waals surface area contributed by atoms with Crippen molar-refractivity contribution in [3.8, 4) is 0 Å². The van der Waals surface area contributed by atoms with Crippen LogP contribution in [-0.4, -0.2) is 87.6 Å². The fourth-order valence-corrected chi connectivity index (χ4v) is 9.94. The molecule has 4 aliphatic carbocycles. The molecule has 0 aromatic heterocycles. The van der Waals surface area contributed by atoms with Crippen molar-refractivity contribution in [3.05, 3.63) is 11.6 Å². The van der Waals surface area contributed by atoms with Crippen LogP contribution < -0.4 is 0 Å². The highest BCUT2D eigenvalue weighted by atomic mass is 16.7. The second-order valence-electron chi connectivity index (χ2n) is 14.3. The van der Waals surface area contributed by atoms with Gasteiger partial charge in [-0.2, -0.15) is 0 Å². The van der Waals surface area contributed by atoms with E-state index in [1.54, 1.807) is 28.3 Å². The molecule has 0 N–H and O–H groups in total. The number of carbonyl (C=O) groups excluding carboxylic acids is 4. The molecule has 0 aromatic rings. The van der Waals surface area contributed by atoms with Gasteiger partial charge in [-0.1, -0.05) is 13.0 Å². The number of allylic oxidation sites excluding steroid dienone is 2. The minimum atomic E-state index is -0.746. The van der Waals surface area contributed by atoms with Gasteiger partial charge in [0.2, 0.25) is 0 Å². The number of methoxy groups -OCH3 is 3. The van der Waals surface area contributed by atoms with Crippen LogP contribution >= 0.6 is 0 Å². The van der Waals surface area contributed by atoms with Crippen LogP contribution in [0.15, 0.2) is 11.6 Å². The fraction of sp³-hybridized carbons (Fsp3) is 0.829. The largest absolute Gasteiger partial charge is 0.462 e. The van der Waals surface area contributed by atoms with Crippen LogP contribution in [0.4, 0.5) is 0 Å². The Morgan fingerprint density at radius 1 is 0.867 bits per heavy atom. The SMILES string of the molecule is CC[C@H]1CCCC(=O)[C@@H](C)C(=O)C2=C[C@H]3[C@@H]4C[C@H](O[C@@H]5O[C@@H](C)[C@H](OC)[C@@H](OC)[C@H]5OC)C[C@H]4[C@@H]4C(=O)C[C@@H]4[C@H]3[C@@H]2CC(=O)O1. The quantitative estimate of drug-likeness (QED) is 0.316. The zero-order valence-corrected chi connectivity index (χ0v) is 27.5. The molecule has 3 saturated carbocycles. The molecule has 2 heterocycles. The lowest BCUT2D eigenvalue weighted by atomic mass is 9.49. The van der Waals surface area contributed by atoms with Crippen LogP contribution in [0.5, 0.6) is 0 Å². The Bertz CT molecular complexity index is 1200. The van der Waals surface area contributed by atoms with Crippen molar-refractivity contribution in [2.75, 3.05) is 21.3 Å². The number of carbonyl (C=O) groups is 4. The first-order chi connectivity index (χ1) is 21.6. The number of Topliss-reactive ketones (excluding diaryl/α,β-unsaturated/α-hetero) is 3. The second-order valence-corrected chi connectivity index (χ2v) is 14.3. The molecule has 6 aliphatic rings. The molecule has 0 amide bonds. The summed E-state index contributed by atoms with van der Waals surface area (Å²) >= 11 is 0. The molecule has 6 rings (SSSR count). The molecule has 0 bridgehead atoms. The van der Waals surface area contributed by atoms with E-state index in [2.05, 4.69) is 6.08 Å². The molecular formula is C35H50O10. The van der Waals surface area contributed by atoms with E-state index < -0.39 is 18.3 Å². The zero-order valence-electron chi connectivity index (χ0n) is 27.5. The van der Waals surface area contributed by atoms with Crippen LogP contribution in [0.25, 0.3) is 0 Å². The molecule has 2 saturated heterocycles. The van der Waals surface area contributed by atoms with Gasteiger partial charge in [0.05, 0.1) is 24.5 Å². The molecule has 5 fully saturated rings. The number of rotatable bonds is 6. The summed E-state index contributed by atoms with van der Waals surface area (Å²) in [6.07, 6.45) is 3.74. The molecule has 2 aliphatic heterocycles. The highest BCUT2D eigenvalue weighted by molar-refractivity contribution is 6.10. The van der Waals surface area contributed by atoms with Crippen molar-refractivity contribution in [3.63, 3.8) is 0 Å². The van der Waals surface area contributed by atoms with Gasteiger partial charge in [0.15, 0.2) is 12.1 Å². The Hall–Kier alpha value is -1.98. The number of ketones is 3. The molecule has 0 aromatic carbocycles. The minimum Gasteiger partial charge on any atom is -0.462 e. The maximum Gasteiger partial charge on any atom is 0.306 e. The van der Waals surface area contributed by atoms with Crippen LogP contribution in [0, 0.1) is 47.3 Å². The topological polar surface area (TPSA) is 124 Å². The molecule has 45 heavy (non-hydrogen) atoms. The zero-order chi connectivity index (χ0) is 32.2. The number of esters is 1. The van der Waals surface area contributed by atoms with Crippen LogP contribution in [0.2, 0.25) is 0 Å². The van der Waals surface area contributed by atoms with Gasteiger partial charge in [-0.05, 0) is 81.1 Å². The Labute approximate surface area is 266 Å². The van der Waals surface area contributed by atoms with E-state index in [4.69, 9.17) is 28.4 Å². The minimum absolute atomic E-state index is 0.0115. The lowest BCUT2D eigenvalue weighted by Crippen LogP contribution is -2.59. The van der Waals surface area contributed by atoms with E-state index in [1.807, 2.05) is 13.8 Å². The van der Waals surface area contributed by atoms with Gasteiger partial charge in [0.25, 0.3) is 0 Å². The summed E-state index contributed by atoms with van der Waals surface area (Å²) in [7, 11) is 4.86. The standard InChI is InChI=1S/C35H50O10/c1-7-18-9-8-10-26(36)16(2)31(39)24-13-22-20-11-19(45-35-34(42-6)33(41-5)32(40-4)17(3)43-35)12-21(20)30-25(14-27(30)37)29(22)23(24)15-28(38)44-18/h13,16-23,25,29-30,32-35H,7-12,14-15H2,1-6H3/t16-,17+,18+,19+,20-,21-,22+,23-,25-,29-,30+,32+,33-,34-,35+/m1/s1. The molecule has 15 atom stereocenters. The Balaban J connectivity index is 1.27. The van der Waals surface area contributed by atoms with Crippen molar-refractivity contribution in [2.24, 2.45) is 47.3 Å². The summed E-state index contributed by atoms with van der Waals surface area (Å²) in [5.74, 6) is -1.11. The molecule has 10 heteroatoms. The average Bonchev–Trinajstić information content (AvgIpc) is 3.58.